The summed E-state index contributed by atoms with van der Waals surface area (Å²) in [6.07, 6.45) is 0. The number of benzene rings is 2. The minimum absolute atomic E-state index is 0.216. The maximum Gasteiger partial charge on any atom is 0.355 e. The van der Waals surface area contributed by atoms with Crippen LogP contribution in [0.1, 0.15) is 10.5 Å². The van der Waals surface area contributed by atoms with Crippen LogP contribution in [0.2, 0.25) is 5.02 Å². The number of nitrogens with one attached hydrogen (secondary N) is 1. The summed E-state index contributed by atoms with van der Waals surface area (Å²) in [4.78, 5) is 15.3. The van der Waals surface area contributed by atoms with Crippen LogP contribution in [0.25, 0.3) is 22.0 Å². The van der Waals surface area contributed by atoms with Crippen LogP contribution in [0.15, 0.2) is 42.5 Å². The van der Waals surface area contributed by atoms with Gasteiger partial charge in [0.1, 0.15) is 18.1 Å². The summed E-state index contributed by atoms with van der Waals surface area (Å²) in [5.74, 6) is -0.946. The number of carbonyl (C=O) groups excluding carboxylic acids is 1. The molecule has 1 heterocycles. The summed E-state index contributed by atoms with van der Waals surface area (Å²) in [5, 5.41) is 1.71. The second kappa shape index (κ2) is 6.72. The van der Waals surface area contributed by atoms with E-state index in [0.717, 1.165) is 0 Å². The fourth-order valence-electron chi connectivity index (χ4n) is 2.46. The van der Waals surface area contributed by atoms with Crippen molar-refractivity contribution < 1.29 is 13.9 Å². The van der Waals surface area contributed by atoms with Gasteiger partial charge in [-0.25, -0.2) is 9.18 Å². The van der Waals surface area contributed by atoms with Gasteiger partial charge in [-0.05, 0) is 24.3 Å². The molecule has 0 aliphatic carbocycles. The van der Waals surface area contributed by atoms with E-state index in [9.17, 15) is 9.18 Å². The van der Waals surface area contributed by atoms with E-state index in [1.807, 2.05) is 0 Å². The minimum atomic E-state index is -0.532. The van der Waals surface area contributed by atoms with E-state index in [0.29, 0.717) is 32.4 Å². The molecule has 0 unspecified atom stereocenters. The summed E-state index contributed by atoms with van der Waals surface area (Å²) in [5.41, 5.74) is 1.69. The molecule has 0 radical (unpaired) electrons. The fourth-order valence-corrected chi connectivity index (χ4v) is 2.80. The van der Waals surface area contributed by atoms with Gasteiger partial charge in [-0.2, -0.15) is 0 Å². The number of aromatic nitrogens is 1. The molecule has 6 heteroatoms. The molecule has 0 fully saturated rings. The Kier molecular flexibility index (Phi) is 4.68. The average Bonchev–Trinajstić information content (AvgIpc) is 2.91. The topological polar surface area (TPSA) is 42.1 Å². The number of alkyl halides is 1. The van der Waals surface area contributed by atoms with Crippen LogP contribution < -0.4 is 0 Å². The van der Waals surface area contributed by atoms with Gasteiger partial charge in [-0.15, -0.1) is 0 Å². The van der Waals surface area contributed by atoms with E-state index < -0.39 is 11.8 Å². The Balaban J connectivity index is 2.25. The van der Waals surface area contributed by atoms with E-state index in [1.54, 1.807) is 36.4 Å². The van der Waals surface area contributed by atoms with Crippen molar-refractivity contribution in [3.63, 3.8) is 0 Å². The second-order valence-corrected chi connectivity index (χ2v) is 6.10. The molecule has 0 spiro atoms. The van der Waals surface area contributed by atoms with Crippen molar-refractivity contribution in [3.8, 4) is 11.1 Å². The van der Waals surface area contributed by atoms with E-state index in [1.165, 1.54) is 6.07 Å². The van der Waals surface area contributed by atoms with Gasteiger partial charge in [0, 0.05) is 32.4 Å². The molecule has 0 aliphatic heterocycles. The number of hydrogen-bond donors (Lipinski definition) is 1. The van der Waals surface area contributed by atoms with Gasteiger partial charge >= 0.3 is 5.97 Å². The molecule has 0 atom stereocenters. The van der Waals surface area contributed by atoms with Crippen LogP contribution in [0.4, 0.5) is 4.39 Å². The van der Waals surface area contributed by atoms with Crippen molar-refractivity contribution in [1.29, 1.82) is 0 Å². The SMILES string of the molecule is O=C(OCCBr)c1[nH]c2ccc(Cl)cc2c1-c1ccccc1F. The third-order valence-corrected chi connectivity index (χ3v) is 3.98. The summed E-state index contributed by atoms with van der Waals surface area (Å²) in [6.45, 7) is 0.228. The Bertz CT molecular complexity index is 878. The Morgan fingerprint density at radius 1 is 1.26 bits per heavy atom. The molecule has 0 aliphatic rings. The Labute approximate surface area is 145 Å². The largest absolute Gasteiger partial charge is 0.460 e. The monoisotopic (exact) mass is 395 g/mol. The van der Waals surface area contributed by atoms with Gasteiger partial charge in [-0.3, -0.25) is 0 Å². The first-order valence-corrected chi connectivity index (χ1v) is 8.41. The minimum Gasteiger partial charge on any atom is -0.460 e. The first-order valence-electron chi connectivity index (χ1n) is 6.91. The van der Waals surface area contributed by atoms with E-state index >= 15 is 0 Å². The normalized spacial score (nSPS) is 10.9. The van der Waals surface area contributed by atoms with Crippen molar-refractivity contribution in [1.82, 2.24) is 4.98 Å². The van der Waals surface area contributed by atoms with Gasteiger partial charge in [0.25, 0.3) is 0 Å². The van der Waals surface area contributed by atoms with E-state index in [2.05, 4.69) is 20.9 Å². The molecule has 0 amide bonds. The highest BCUT2D eigenvalue weighted by molar-refractivity contribution is 9.09. The third kappa shape index (κ3) is 3.12. The first-order chi connectivity index (χ1) is 11.1. The quantitative estimate of drug-likeness (QED) is 0.488. The summed E-state index contributed by atoms with van der Waals surface area (Å²) < 4.78 is 19.4. The maximum atomic E-state index is 14.3. The van der Waals surface area contributed by atoms with Crippen molar-refractivity contribution >= 4 is 44.4 Å². The molecule has 0 saturated heterocycles. The lowest BCUT2D eigenvalue weighted by molar-refractivity contribution is 0.0526. The highest BCUT2D eigenvalue weighted by atomic mass is 79.9. The number of rotatable bonds is 4. The molecule has 23 heavy (non-hydrogen) atoms. The molecule has 2 aromatic carbocycles. The molecule has 3 nitrogen and oxygen atoms in total. The summed E-state index contributed by atoms with van der Waals surface area (Å²) in [6, 6.07) is 11.5. The lowest BCUT2D eigenvalue weighted by Gasteiger charge is -2.06. The molecule has 1 aromatic heterocycles. The van der Waals surface area contributed by atoms with Crippen molar-refractivity contribution in [2.45, 2.75) is 0 Å². The number of ether oxygens (including phenoxy) is 1. The van der Waals surface area contributed by atoms with Crippen LogP contribution in [-0.4, -0.2) is 22.9 Å². The van der Waals surface area contributed by atoms with E-state index in [4.69, 9.17) is 16.3 Å². The van der Waals surface area contributed by atoms with Crippen molar-refractivity contribution in [2.75, 3.05) is 11.9 Å². The maximum absolute atomic E-state index is 14.3. The zero-order valence-electron chi connectivity index (χ0n) is 11.9. The van der Waals surface area contributed by atoms with Gasteiger partial charge in [0.2, 0.25) is 0 Å². The predicted octanol–water partition coefficient (Wildman–Crippen LogP) is 5.18. The van der Waals surface area contributed by atoms with Crippen LogP contribution in [-0.2, 0) is 4.74 Å². The zero-order chi connectivity index (χ0) is 16.4. The standard InChI is InChI=1S/C17H12BrClFNO2/c18-7-8-23-17(22)16-15(11-3-1-2-4-13(11)20)12-9-10(19)5-6-14(12)21-16/h1-6,9,21H,7-8H2. The highest BCUT2D eigenvalue weighted by Gasteiger charge is 2.22. The fraction of sp³-hybridized carbons (Fsp3) is 0.118. The van der Waals surface area contributed by atoms with Gasteiger partial charge in [-0.1, -0.05) is 45.7 Å². The number of fused-ring (bicyclic) bond motifs is 1. The predicted molar refractivity (Wildman–Crippen MR) is 92.8 cm³/mol. The van der Waals surface area contributed by atoms with Gasteiger partial charge in [0.05, 0.1) is 0 Å². The second-order valence-electron chi connectivity index (χ2n) is 4.87. The molecule has 0 saturated carbocycles. The number of aromatic amines is 1. The van der Waals surface area contributed by atoms with Crippen molar-refractivity contribution in [2.24, 2.45) is 0 Å². The number of halogens is 3. The molecule has 118 valence electrons. The molecule has 3 rings (SSSR count). The molecule has 3 aromatic rings. The number of H-pyrrole nitrogens is 1. The lowest BCUT2D eigenvalue weighted by Crippen LogP contribution is -2.09. The Morgan fingerprint density at radius 3 is 2.78 bits per heavy atom. The number of carbonyl (C=O) groups is 1. The summed E-state index contributed by atoms with van der Waals surface area (Å²) >= 11 is 9.27. The van der Waals surface area contributed by atoms with Crippen LogP contribution in [0, 0.1) is 5.82 Å². The Hall–Kier alpha value is -1.85. The lowest BCUT2D eigenvalue weighted by atomic mass is 10.0. The van der Waals surface area contributed by atoms with Crippen molar-refractivity contribution in [3.05, 3.63) is 59.0 Å². The third-order valence-electron chi connectivity index (χ3n) is 3.42. The molecule has 0 bridgehead atoms. The van der Waals surface area contributed by atoms with E-state index in [-0.39, 0.29) is 12.3 Å². The number of esters is 1. The van der Waals surface area contributed by atoms with Gasteiger partial charge < -0.3 is 9.72 Å². The van der Waals surface area contributed by atoms with Gasteiger partial charge in [0.15, 0.2) is 0 Å². The van der Waals surface area contributed by atoms with Crippen LogP contribution in [0.5, 0.6) is 0 Å². The average molecular weight is 397 g/mol. The zero-order valence-corrected chi connectivity index (χ0v) is 14.2. The molecule has 1 N–H and O–H groups in total. The highest BCUT2D eigenvalue weighted by Crippen LogP contribution is 2.35. The molecular weight excluding hydrogens is 385 g/mol. The Morgan fingerprint density at radius 2 is 2.04 bits per heavy atom. The summed E-state index contributed by atoms with van der Waals surface area (Å²) in [7, 11) is 0. The number of hydrogen-bond acceptors (Lipinski definition) is 2. The molecular formula is C17H12BrClFNO2. The smallest absolute Gasteiger partial charge is 0.355 e. The van der Waals surface area contributed by atoms with Crippen LogP contribution in [0.3, 0.4) is 0 Å². The first kappa shape index (κ1) is 16.0. The van der Waals surface area contributed by atoms with Crippen LogP contribution >= 0.6 is 27.5 Å².